The Morgan fingerprint density at radius 1 is 1.03 bits per heavy atom. The van der Waals surface area contributed by atoms with Gasteiger partial charge in [-0.05, 0) is 42.3 Å². The molecule has 5 aromatic rings. The van der Waals surface area contributed by atoms with Gasteiger partial charge in [-0.15, -0.1) is 10.2 Å². The zero-order valence-electron chi connectivity index (χ0n) is 16.3. The Labute approximate surface area is 175 Å². The molecule has 2 aromatic carbocycles. The first kappa shape index (κ1) is 18.4. The summed E-state index contributed by atoms with van der Waals surface area (Å²) in [5.74, 6) is 1.00. The van der Waals surface area contributed by atoms with Crippen molar-refractivity contribution in [1.29, 1.82) is 0 Å². The van der Waals surface area contributed by atoms with E-state index in [0.29, 0.717) is 34.3 Å². The van der Waals surface area contributed by atoms with Crippen molar-refractivity contribution in [2.45, 2.75) is 13.5 Å². The zero-order valence-corrected chi connectivity index (χ0v) is 17.0. The van der Waals surface area contributed by atoms with Crippen LogP contribution in [0.4, 0.5) is 0 Å². The van der Waals surface area contributed by atoms with Crippen LogP contribution in [-0.4, -0.2) is 28.7 Å². The normalized spacial score (nSPS) is 11.6. The molecule has 0 bridgehead atoms. The molecule has 3 heterocycles. The van der Waals surface area contributed by atoms with Gasteiger partial charge in [-0.2, -0.15) is 0 Å². The first-order chi connectivity index (χ1) is 14.5. The van der Waals surface area contributed by atoms with E-state index in [2.05, 4.69) is 15.2 Å². The Morgan fingerprint density at radius 3 is 2.50 bits per heavy atom. The molecular formula is C21H17ClN6O2. The van der Waals surface area contributed by atoms with Crippen LogP contribution in [0.3, 0.4) is 0 Å². The maximum atomic E-state index is 12.8. The van der Waals surface area contributed by atoms with Crippen LogP contribution in [0, 0.1) is 6.92 Å². The Bertz CT molecular complexity index is 1540. The predicted octanol–water partition coefficient (Wildman–Crippen LogP) is 2.75. The number of fused-ring (bicyclic) bond motifs is 3. The summed E-state index contributed by atoms with van der Waals surface area (Å²) < 4.78 is 4.94. The average Bonchev–Trinajstić information content (AvgIpc) is 3.28. The zero-order chi connectivity index (χ0) is 21.0. The van der Waals surface area contributed by atoms with Gasteiger partial charge in [0.1, 0.15) is 0 Å². The largest absolute Gasteiger partial charge is 0.329 e. The number of nitrogens with zero attached hydrogens (tertiary/aromatic N) is 5. The van der Waals surface area contributed by atoms with Gasteiger partial charge < -0.3 is 0 Å². The summed E-state index contributed by atoms with van der Waals surface area (Å²) in [5, 5.41) is 9.32. The summed E-state index contributed by atoms with van der Waals surface area (Å²) in [7, 11) is 1.61. The highest BCUT2D eigenvalue weighted by Crippen LogP contribution is 2.26. The molecule has 0 saturated carbocycles. The van der Waals surface area contributed by atoms with Gasteiger partial charge in [0.2, 0.25) is 5.78 Å². The number of rotatable bonds is 3. The number of halogens is 1. The van der Waals surface area contributed by atoms with E-state index < -0.39 is 11.2 Å². The fourth-order valence-electron chi connectivity index (χ4n) is 3.74. The van der Waals surface area contributed by atoms with Crippen LogP contribution < -0.4 is 11.2 Å². The van der Waals surface area contributed by atoms with E-state index in [1.54, 1.807) is 28.1 Å². The van der Waals surface area contributed by atoms with Gasteiger partial charge >= 0.3 is 5.69 Å². The number of imidazole rings is 1. The lowest BCUT2D eigenvalue weighted by Crippen LogP contribution is -2.29. The summed E-state index contributed by atoms with van der Waals surface area (Å²) in [5.41, 5.74) is 2.74. The predicted molar refractivity (Wildman–Crippen MR) is 115 cm³/mol. The second kappa shape index (κ2) is 6.70. The second-order valence-corrected chi connectivity index (χ2v) is 7.61. The van der Waals surface area contributed by atoms with Crippen LogP contribution in [0.25, 0.3) is 28.3 Å². The number of benzene rings is 2. The van der Waals surface area contributed by atoms with E-state index in [0.717, 1.165) is 16.7 Å². The summed E-state index contributed by atoms with van der Waals surface area (Å²) in [6.07, 6.45) is 0. The maximum Gasteiger partial charge on any atom is 0.329 e. The average molecular weight is 421 g/mol. The molecule has 0 aliphatic rings. The Hall–Kier alpha value is -3.65. The lowest BCUT2D eigenvalue weighted by molar-refractivity contribution is 0.807. The van der Waals surface area contributed by atoms with Crippen LogP contribution in [0.15, 0.2) is 58.1 Å². The molecule has 0 amide bonds. The number of hydrogen-bond acceptors (Lipinski definition) is 4. The van der Waals surface area contributed by atoms with Gasteiger partial charge in [-0.25, -0.2) is 9.20 Å². The Balaban J connectivity index is 1.89. The third kappa shape index (κ3) is 2.68. The topological polar surface area (TPSA) is 90.0 Å². The standard InChI is InChI=1S/C21H17ClN6O2/c1-12-5-3-4-6-14(12)11-27-16-18(29)23-21(30)26(2)19(16)28-17(24-25-20(27)28)13-7-9-15(22)10-8-13/h3-10H,11H2,1-2H3,(H,23,29,30). The first-order valence-corrected chi connectivity index (χ1v) is 9.70. The van der Waals surface area contributed by atoms with Crippen molar-refractivity contribution in [3.05, 3.63) is 85.5 Å². The van der Waals surface area contributed by atoms with Gasteiger partial charge in [0.05, 0.1) is 6.54 Å². The number of nitrogens with one attached hydrogen (secondary N) is 1. The molecule has 0 aliphatic carbocycles. The third-order valence-corrected chi connectivity index (χ3v) is 5.58. The third-order valence-electron chi connectivity index (χ3n) is 5.33. The molecule has 0 radical (unpaired) electrons. The fourth-order valence-corrected chi connectivity index (χ4v) is 3.86. The van der Waals surface area contributed by atoms with Gasteiger partial charge in [0, 0.05) is 17.6 Å². The number of H-pyrrole nitrogens is 1. The minimum atomic E-state index is -0.502. The highest BCUT2D eigenvalue weighted by molar-refractivity contribution is 6.30. The molecule has 0 saturated heterocycles. The van der Waals surface area contributed by atoms with Crippen LogP contribution in [-0.2, 0) is 13.6 Å². The van der Waals surface area contributed by atoms with Gasteiger partial charge in [-0.1, -0.05) is 35.9 Å². The molecule has 0 atom stereocenters. The molecule has 1 N–H and O–H groups in total. The van der Waals surface area contributed by atoms with Crippen molar-refractivity contribution >= 4 is 28.5 Å². The van der Waals surface area contributed by atoms with Crippen molar-refractivity contribution in [2.75, 3.05) is 0 Å². The van der Waals surface area contributed by atoms with Crippen molar-refractivity contribution in [1.82, 2.24) is 28.7 Å². The van der Waals surface area contributed by atoms with Crippen LogP contribution in [0.1, 0.15) is 11.1 Å². The monoisotopic (exact) mass is 420 g/mol. The Kier molecular flexibility index (Phi) is 4.11. The first-order valence-electron chi connectivity index (χ1n) is 9.33. The van der Waals surface area contributed by atoms with Gasteiger partial charge in [0.15, 0.2) is 17.0 Å². The van der Waals surface area contributed by atoms with E-state index in [1.807, 2.05) is 43.3 Å². The molecule has 0 unspecified atom stereocenters. The smallest absolute Gasteiger partial charge is 0.298 e. The minimum Gasteiger partial charge on any atom is -0.298 e. The maximum absolute atomic E-state index is 12.8. The fraction of sp³-hybridized carbons (Fsp3) is 0.143. The molecular weight excluding hydrogens is 404 g/mol. The van der Waals surface area contributed by atoms with E-state index in [-0.39, 0.29) is 0 Å². The highest BCUT2D eigenvalue weighted by Gasteiger charge is 2.23. The summed E-state index contributed by atoms with van der Waals surface area (Å²) in [4.78, 5) is 27.6. The molecule has 0 spiro atoms. The highest BCUT2D eigenvalue weighted by atomic mass is 35.5. The lowest BCUT2D eigenvalue weighted by atomic mass is 10.1. The number of aromatic nitrogens is 6. The quantitative estimate of drug-likeness (QED) is 0.486. The van der Waals surface area contributed by atoms with Gasteiger partial charge in [0.25, 0.3) is 5.56 Å². The molecule has 8 nitrogen and oxygen atoms in total. The molecule has 9 heteroatoms. The molecule has 0 fully saturated rings. The molecule has 3 aromatic heterocycles. The molecule has 30 heavy (non-hydrogen) atoms. The van der Waals surface area contributed by atoms with E-state index in [4.69, 9.17) is 11.6 Å². The number of aromatic amines is 1. The molecule has 0 aliphatic heterocycles. The molecule has 150 valence electrons. The summed E-state index contributed by atoms with van der Waals surface area (Å²) >= 11 is 6.02. The SMILES string of the molecule is Cc1ccccc1Cn1c2c(=O)[nH]c(=O)n(C)c2n2c(-c3ccc(Cl)cc3)nnc12. The van der Waals surface area contributed by atoms with Crippen molar-refractivity contribution in [3.63, 3.8) is 0 Å². The van der Waals surface area contributed by atoms with Crippen molar-refractivity contribution < 1.29 is 0 Å². The van der Waals surface area contributed by atoms with Crippen LogP contribution >= 0.6 is 11.6 Å². The second-order valence-electron chi connectivity index (χ2n) is 7.17. The van der Waals surface area contributed by atoms with Crippen molar-refractivity contribution in [3.8, 4) is 11.4 Å². The number of hydrogen-bond donors (Lipinski definition) is 1. The summed E-state index contributed by atoms with van der Waals surface area (Å²) in [6.45, 7) is 2.43. The van der Waals surface area contributed by atoms with E-state index >= 15 is 0 Å². The summed E-state index contributed by atoms with van der Waals surface area (Å²) in [6, 6.07) is 15.1. The van der Waals surface area contributed by atoms with Crippen LogP contribution in [0.5, 0.6) is 0 Å². The van der Waals surface area contributed by atoms with E-state index in [1.165, 1.54) is 4.57 Å². The Morgan fingerprint density at radius 2 is 1.77 bits per heavy atom. The van der Waals surface area contributed by atoms with Gasteiger partial charge in [-0.3, -0.25) is 18.9 Å². The van der Waals surface area contributed by atoms with E-state index in [9.17, 15) is 9.59 Å². The van der Waals surface area contributed by atoms with Crippen molar-refractivity contribution in [2.24, 2.45) is 7.05 Å². The van der Waals surface area contributed by atoms with Crippen LogP contribution in [0.2, 0.25) is 5.02 Å². The molecule has 5 rings (SSSR count). The lowest BCUT2D eigenvalue weighted by Gasteiger charge is -2.07. The number of aryl methyl sites for hydroxylation is 2. The minimum absolute atomic E-state index is 0.362.